The average Bonchev–Trinajstić information content (AvgIpc) is 2.92. The molecule has 0 bridgehead atoms. The highest BCUT2D eigenvalue weighted by Crippen LogP contribution is 2.25. The van der Waals surface area contributed by atoms with Crippen LogP contribution in [-0.4, -0.2) is 29.7 Å². The Morgan fingerprint density at radius 3 is 2.67 bits per heavy atom. The molecule has 116 valence electrons. The van der Waals surface area contributed by atoms with Crippen LogP contribution < -0.4 is 10.5 Å². The number of sulfonamides is 1. The second kappa shape index (κ2) is 5.96. The Labute approximate surface area is 123 Å². The molecule has 0 spiro atoms. The molecule has 9 heteroatoms. The molecule has 0 unspecified atom stereocenters. The highest BCUT2D eigenvalue weighted by molar-refractivity contribution is 7.89. The van der Waals surface area contributed by atoms with Crippen molar-refractivity contribution >= 4 is 10.0 Å². The third-order valence-electron chi connectivity index (χ3n) is 3.09. The minimum Gasteiger partial charge on any atom is -0.465 e. The first kappa shape index (κ1) is 15.7. The fourth-order valence-corrected chi connectivity index (χ4v) is 3.65. The standard InChI is InChI=1S/C12H19N5O3S/c1-8-10(6-13)12(9(2)20-8)21(18,19)15-5-4-11-14-7-17(3)16-11/h7,15H,4-6,13H2,1-3H3. The fourth-order valence-electron chi connectivity index (χ4n) is 2.17. The highest BCUT2D eigenvalue weighted by atomic mass is 32.2. The van der Waals surface area contributed by atoms with Crippen molar-refractivity contribution < 1.29 is 12.8 Å². The summed E-state index contributed by atoms with van der Waals surface area (Å²) < 4.78 is 34.2. The zero-order chi connectivity index (χ0) is 15.6. The van der Waals surface area contributed by atoms with Gasteiger partial charge in [-0.1, -0.05) is 0 Å². The topological polar surface area (TPSA) is 116 Å². The number of nitrogens with two attached hydrogens (primary N) is 1. The molecular weight excluding hydrogens is 294 g/mol. The van der Waals surface area contributed by atoms with Gasteiger partial charge in [-0.15, -0.1) is 0 Å². The van der Waals surface area contributed by atoms with Crippen molar-refractivity contribution in [2.75, 3.05) is 6.54 Å². The van der Waals surface area contributed by atoms with Crippen molar-refractivity contribution in [2.24, 2.45) is 12.8 Å². The number of nitrogens with one attached hydrogen (secondary N) is 1. The van der Waals surface area contributed by atoms with Crippen LogP contribution in [0.15, 0.2) is 15.6 Å². The number of hydrogen-bond acceptors (Lipinski definition) is 6. The lowest BCUT2D eigenvalue weighted by molar-refractivity contribution is 0.494. The molecule has 2 heterocycles. The lowest BCUT2D eigenvalue weighted by Gasteiger charge is -2.06. The Morgan fingerprint density at radius 2 is 2.10 bits per heavy atom. The average molecular weight is 313 g/mol. The van der Waals surface area contributed by atoms with Gasteiger partial charge in [-0.05, 0) is 13.8 Å². The molecule has 0 aliphatic rings. The smallest absolute Gasteiger partial charge is 0.244 e. The number of hydrogen-bond donors (Lipinski definition) is 2. The number of rotatable bonds is 6. The molecular formula is C12H19N5O3S. The van der Waals surface area contributed by atoms with Crippen LogP contribution in [0, 0.1) is 13.8 Å². The molecule has 0 saturated carbocycles. The first-order chi connectivity index (χ1) is 9.85. The Hall–Kier alpha value is -1.71. The van der Waals surface area contributed by atoms with Gasteiger partial charge in [-0.2, -0.15) is 5.10 Å². The largest absolute Gasteiger partial charge is 0.465 e. The summed E-state index contributed by atoms with van der Waals surface area (Å²) in [4.78, 5) is 4.18. The molecule has 21 heavy (non-hydrogen) atoms. The third kappa shape index (κ3) is 3.31. The molecule has 2 rings (SSSR count). The van der Waals surface area contributed by atoms with E-state index in [-0.39, 0.29) is 18.0 Å². The van der Waals surface area contributed by atoms with Crippen LogP contribution in [0.2, 0.25) is 0 Å². The first-order valence-electron chi connectivity index (χ1n) is 6.48. The maximum absolute atomic E-state index is 12.4. The van der Waals surface area contributed by atoms with Gasteiger partial charge in [0.15, 0.2) is 5.82 Å². The maximum Gasteiger partial charge on any atom is 0.244 e. The predicted octanol–water partition coefficient (Wildman–Crippen LogP) is 0.00464. The minimum atomic E-state index is -3.66. The van der Waals surface area contributed by atoms with Crippen LogP contribution in [-0.2, 0) is 30.0 Å². The molecule has 0 amide bonds. The third-order valence-corrected chi connectivity index (χ3v) is 4.74. The van der Waals surface area contributed by atoms with Crippen LogP contribution >= 0.6 is 0 Å². The van der Waals surface area contributed by atoms with E-state index in [2.05, 4.69) is 14.8 Å². The van der Waals surface area contributed by atoms with Gasteiger partial charge in [0.25, 0.3) is 0 Å². The van der Waals surface area contributed by atoms with E-state index in [4.69, 9.17) is 10.2 Å². The van der Waals surface area contributed by atoms with Gasteiger partial charge in [0.2, 0.25) is 10.0 Å². The Bertz CT molecular complexity index is 732. The predicted molar refractivity (Wildman–Crippen MR) is 76.0 cm³/mol. The van der Waals surface area contributed by atoms with E-state index < -0.39 is 10.0 Å². The summed E-state index contributed by atoms with van der Waals surface area (Å²) in [6, 6.07) is 0. The zero-order valence-corrected chi connectivity index (χ0v) is 13.1. The van der Waals surface area contributed by atoms with E-state index in [1.807, 2.05) is 0 Å². The second-order valence-corrected chi connectivity index (χ2v) is 6.41. The quantitative estimate of drug-likeness (QED) is 0.775. The molecule has 0 aliphatic carbocycles. The van der Waals surface area contributed by atoms with Crippen molar-refractivity contribution in [3.8, 4) is 0 Å². The van der Waals surface area contributed by atoms with Crippen molar-refractivity contribution in [3.05, 3.63) is 29.2 Å². The van der Waals surface area contributed by atoms with E-state index >= 15 is 0 Å². The summed E-state index contributed by atoms with van der Waals surface area (Å²) in [5.41, 5.74) is 6.12. The molecule has 3 N–H and O–H groups in total. The van der Waals surface area contributed by atoms with Crippen LogP contribution in [0.25, 0.3) is 0 Å². The monoisotopic (exact) mass is 313 g/mol. The molecule has 0 aromatic carbocycles. The van der Waals surface area contributed by atoms with Crippen LogP contribution in [0.5, 0.6) is 0 Å². The lowest BCUT2D eigenvalue weighted by Crippen LogP contribution is -2.27. The van der Waals surface area contributed by atoms with Gasteiger partial charge in [0.05, 0.1) is 0 Å². The van der Waals surface area contributed by atoms with Crippen LogP contribution in [0.4, 0.5) is 0 Å². The normalized spacial score (nSPS) is 12.0. The Morgan fingerprint density at radius 1 is 1.38 bits per heavy atom. The summed E-state index contributed by atoms with van der Waals surface area (Å²) in [6.07, 6.45) is 1.98. The number of nitrogens with zero attached hydrogens (tertiary/aromatic N) is 3. The number of furan rings is 1. The molecule has 0 aliphatic heterocycles. The van der Waals surface area contributed by atoms with Gasteiger partial charge < -0.3 is 10.2 Å². The van der Waals surface area contributed by atoms with E-state index in [0.717, 1.165) is 0 Å². The zero-order valence-electron chi connectivity index (χ0n) is 12.3. The highest BCUT2D eigenvalue weighted by Gasteiger charge is 2.25. The first-order valence-corrected chi connectivity index (χ1v) is 7.96. The number of aromatic nitrogens is 3. The summed E-state index contributed by atoms with van der Waals surface area (Å²) in [5.74, 6) is 1.46. The summed E-state index contributed by atoms with van der Waals surface area (Å²) in [6.45, 7) is 3.63. The van der Waals surface area contributed by atoms with E-state index in [9.17, 15) is 8.42 Å². The Balaban J connectivity index is 2.12. The van der Waals surface area contributed by atoms with Gasteiger partial charge >= 0.3 is 0 Å². The molecule has 0 saturated heterocycles. The van der Waals surface area contributed by atoms with E-state index in [1.54, 1.807) is 31.9 Å². The lowest BCUT2D eigenvalue weighted by atomic mass is 10.2. The van der Waals surface area contributed by atoms with Gasteiger partial charge in [-0.25, -0.2) is 18.1 Å². The maximum atomic E-state index is 12.4. The van der Waals surface area contributed by atoms with Crippen molar-refractivity contribution in [2.45, 2.75) is 31.7 Å². The minimum absolute atomic E-state index is 0.112. The van der Waals surface area contributed by atoms with Gasteiger partial charge in [0, 0.05) is 32.1 Å². The summed E-state index contributed by atoms with van der Waals surface area (Å²) >= 11 is 0. The van der Waals surface area contributed by atoms with Crippen LogP contribution in [0.3, 0.4) is 0 Å². The molecule has 2 aromatic heterocycles. The van der Waals surface area contributed by atoms with Crippen LogP contribution in [0.1, 0.15) is 22.9 Å². The molecule has 0 atom stereocenters. The SMILES string of the molecule is Cc1oc(C)c(S(=O)(=O)NCCc2ncn(C)n2)c1CN. The summed E-state index contributed by atoms with van der Waals surface area (Å²) in [7, 11) is -1.91. The number of aryl methyl sites for hydroxylation is 3. The Kier molecular flexibility index (Phi) is 4.45. The fraction of sp³-hybridized carbons (Fsp3) is 0.500. The van der Waals surface area contributed by atoms with E-state index in [1.165, 1.54) is 0 Å². The molecule has 2 aromatic rings. The summed E-state index contributed by atoms with van der Waals surface area (Å²) in [5, 5.41) is 4.09. The van der Waals surface area contributed by atoms with Crippen molar-refractivity contribution in [3.63, 3.8) is 0 Å². The van der Waals surface area contributed by atoms with Gasteiger partial charge in [0.1, 0.15) is 22.7 Å². The molecule has 8 nitrogen and oxygen atoms in total. The van der Waals surface area contributed by atoms with Crippen molar-refractivity contribution in [1.82, 2.24) is 19.5 Å². The second-order valence-electron chi connectivity index (χ2n) is 4.71. The van der Waals surface area contributed by atoms with Gasteiger partial charge in [-0.3, -0.25) is 4.68 Å². The molecule has 0 fully saturated rings. The molecule has 0 radical (unpaired) electrons. The van der Waals surface area contributed by atoms with E-state index in [0.29, 0.717) is 29.3 Å². The van der Waals surface area contributed by atoms with Crippen molar-refractivity contribution in [1.29, 1.82) is 0 Å².